The molecule has 0 amide bonds. The first kappa shape index (κ1) is 21.6. The Hall–Kier alpha value is -3.29. The van der Waals surface area contributed by atoms with Gasteiger partial charge in [-0.15, -0.1) is 0 Å². The van der Waals surface area contributed by atoms with Gasteiger partial charge in [-0.25, -0.2) is 9.67 Å². The lowest BCUT2D eigenvalue weighted by molar-refractivity contribution is -0.0364. The second kappa shape index (κ2) is 8.57. The summed E-state index contributed by atoms with van der Waals surface area (Å²) in [4.78, 5) is 20.0. The highest BCUT2D eigenvalue weighted by atomic mass is 16.3. The average molecular weight is 444 g/mol. The van der Waals surface area contributed by atoms with Crippen molar-refractivity contribution in [3.63, 3.8) is 0 Å². The highest BCUT2D eigenvalue weighted by Gasteiger charge is 2.33. The zero-order valence-electron chi connectivity index (χ0n) is 19.1. The highest BCUT2D eigenvalue weighted by Crippen LogP contribution is 2.25. The zero-order chi connectivity index (χ0) is 23.0. The summed E-state index contributed by atoms with van der Waals surface area (Å²) >= 11 is 0. The van der Waals surface area contributed by atoms with Crippen LogP contribution in [0.5, 0.6) is 0 Å². The number of nitrogens with zero attached hydrogens (tertiary/aromatic N) is 5. The molecule has 3 heterocycles. The number of aromatic nitrogens is 4. The SMILES string of the molecule is Cc1ccc(CN2CCC(O)(Cn3cnc4c(cnn4-c4ccccc4)c3=O)CC2)cc1C. The molecule has 1 aliphatic heterocycles. The Bertz CT molecular complexity index is 1330. The number of aryl methyl sites for hydroxylation is 2. The van der Waals surface area contributed by atoms with Crippen LogP contribution in [-0.4, -0.2) is 48.0 Å². The smallest absolute Gasteiger partial charge is 0.264 e. The van der Waals surface area contributed by atoms with Crippen molar-refractivity contribution in [1.29, 1.82) is 0 Å². The van der Waals surface area contributed by atoms with Crippen LogP contribution >= 0.6 is 0 Å². The number of likely N-dealkylation sites (tertiary alicyclic amines) is 1. The zero-order valence-corrected chi connectivity index (χ0v) is 19.1. The van der Waals surface area contributed by atoms with Gasteiger partial charge in [0.1, 0.15) is 11.7 Å². The van der Waals surface area contributed by atoms with Crippen LogP contribution in [0.15, 0.2) is 65.8 Å². The molecule has 0 unspecified atom stereocenters. The molecule has 2 aromatic heterocycles. The van der Waals surface area contributed by atoms with Crippen molar-refractivity contribution in [3.05, 3.63) is 88.1 Å². The summed E-state index contributed by atoms with van der Waals surface area (Å²) in [7, 11) is 0. The molecule has 7 nitrogen and oxygen atoms in total. The fraction of sp³-hybridized carbons (Fsp3) is 0.346. The van der Waals surface area contributed by atoms with E-state index in [1.165, 1.54) is 27.6 Å². The van der Waals surface area contributed by atoms with Crippen molar-refractivity contribution < 1.29 is 5.11 Å². The Morgan fingerprint density at radius 3 is 2.52 bits per heavy atom. The van der Waals surface area contributed by atoms with E-state index in [0.717, 1.165) is 25.3 Å². The predicted octanol–water partition coefficient (Wildman–Crippen LogP) is 3.23. The second-order valence-corrected chi connectivity index (χ2v) is 9.23. The third-order valence-electron chi connectivity index (χ3n) is 6.78. The lowest BCUT2D eigenvalue weighted by atomic mass is 9.91. The van der Waals surface area contributed by atoms with Gasteiger partial charge in [0.2, 0.25) is 0 Å². The Morgan fingerprint density at radius 1 is 1.03 bits per heavy atom. The molecule has 5 rings (SSSR count). The van der Waals surface area contributed by atoms with E-state index in [0.29, 0.717) is 23.9 Å². The van der Waals surface area contributed by atoms with Crippen LogP contribution in [0.1, 0.15) is 29.5 Å². The van der Waals surface area contributed by atoms with E-state index in [2.05, 4.69) is 47.0 Å². The molecule has 2 aromatic carbocycles. The summed E-state index contributed by atoms with van der Waals surface area (Å²) in [6.07, 6.45) is 4.33. The number of benzene rings is 2. The summed E-state index contributed by atoms with van der Waals surface area (Å²) in [5, 5.41) is 16.1. The van der Waals surface area contributed by atoms with E-state index in [1.54, 1.807) is 10.9 Å². The van der Waals surface area contributed by atoms with E-state index in [4.69, 9.17) is 0 Å². The van der Waals surface area contributed by atoms with Gasteiger partial charge in [-0.2, -0.15) is 5.10 Å². The van der Waals surface area contributed by atoms with Crippen molar-refractivity contribution in [1.82, 2.24) is 24.2 Å². The molecule has 1 saturated heterocycles. The van der Waals surface area contributed by atoms with Crippen LogP contribution < -0.4 is 5.56 Å². The third-order valence-corrected chi connectivity index (χ3v) is 6.78. The van der Waals surface area contributed by atoms with Crippen LogP contribution in [0, 0.1) is 13.8 Å². The molecule has 0 saturated carbocycles. The third kappa shape index (κ3) is 4.34. The largest absolute Gasteiger partial charge is 0.388 e. The predicted molar refractivity (Wildman–Crippen MR) is 129 cm³/mol. The summed E-state index contributed by atoms with van der Waals surface area (Å²) in [5.41, 5.74) is 4.19. The lowest BCUT2D eigenvalue weighted by Crippen LogP contribution is -2.47. The maximum atomic E-state index is 13.1. The first-order valence-corrected chi connectivity index (χ1v) is 11.4. The van der Waals surface area contributed by atoms with Crippen LogP contribution in [0.4, 0.5) is 0 Å². The van der Waals surface area contributed by atoms with Crippen molar-refractivity contribution >= 4 is 11.0 Å². The molecule has 0 spiro atoms. The van der Waals surface area contributed by atoms with E-state index < -0.39 is 5.60 Å². The summed E-state index contributed by atoms with van der Waals surface area (Å²) in [5.74, 6) is 0. The fourth-order valence-corrected chi connectivity index (χ4v) is 4.58. The number of rotatable bonds is 5. The molecule has 0 atom stereocenters. The first-order chi connectivity index (χ1) is 15.9. The number of aliphatic hydroxyl groups is 1. The molecule has 1 N–H and O–H groups in total. The topological polar surface area (TPSA) is 76.2 Å². The quantitative estimate of drug-likeness (QED) is 0.513. The van der Waals surface area contributed by atoms with E-state index >= 15 is 0 Å². The standard InChI is InChI=1S/C26H29N5O2/c1-19-8-9-21(14-20(19)2)16-29-12-10-26(33,11-13-29)17-30-18-27-24-23(25(30)32)15-28-31(24)22-6-4-3-5-7-22/h3-9,14-15,18,33H,10-13,16-17H2,1-2H3. The van der Waals surface area contributed by atoms with Gasteiger partial charge in [-0.05, 0) is 55.5 Å². The maximum Gasteiger partial charge on any atom is 0.264 e. The minimum absolute atomic E-state index is 0.173. The van der Waals surface area contributed by atoms with E-state index in [-0.39, 0.29) is 12.1 Å². The lowest BCUT2D eigenvalue weighted by Gasteiger charge is -2.38. The molecule has 1 fully saturated rings. The van der Waals surface area contributed by atoms with Gasteiger partial charge in [0.15, 0.2) is 5.65 Å². The molecule has 0 bridgehead atoms. The van der Waals surface area contributed by atoms with Crippen LogP contribution in [-0.2, 0) is 13.1 Å². The molecule has 7 heteroatoms. The van der Waals surface area contributed by atoms with E-state index in [1.807, 2.05) is 30.3 Å². The van der Waals surface area contributed by atoms with Gasteiger partial charge in [-0.1, -0.05) is 36.4 Å². The molecule has 1 aliphatic rings. The Labute approximate surface area is 192 Å². The van der Waals surface area contributed by atoms with Crippen molar-refractivity contribution in [2.24, 2.45) is 0 Å². The van der Waals surface area contributed by atoms with Gasteiger partial charge in [0.05, 0.1) is 24.0 Å². The van der Waals surface area contributed by atoms with Gasteiger partial charge >= 0.3 is 0 Å². The van der Waals surface area contributed by atoms with Crippen molar-refractivity contribution in [2.75, 3.05) is 13.1 Å². The summed E-state index contributed by atoms with van der Waals surface area (Å²) in [6.45, 7) is 6.96. The summed E-state index contributed by atoms with van der Waals surface area (Å²) < 4.78 is 3.19. The number of fused-ring (bicyclic) bond motifs is 1. The maximum absolute atomic E-state index is 13.1. The molecular formula is C26H29N5O2. The number of para-hydroxylation sites is 1. The molecule has 0 aliphatic carbocycles. The molecule has 170 valence electrons. The Morgan fingerprint density at radius 2 is 1.79 bits per heavy atom. The summed E-state index contributed by atoms with van der Waals surface area (Å²) in [6, 6.07) is 16.2. The molecule has 33 heavy (non-hydrogen) atoms. The minimum atomic E-state index is -0.922. The van der Waals surface area contributed by atoms with Crippen LogP contribution in [0.25, 0.3) is 16.7 Å². The number of hydrogen-bond donors (Lipinski definition) is 1. The second-order valence-electron chi connectivity index (χ2n) is 9.23. The van der Waals surface area contributed by atoms with Crippen LogP contribution in [0.3, 0.4) is 0 Å². The highest BCUT2D eigenvalue weighted by molar-refractivity contribution is 5.74. The molecule has 4 aromatic rings. The van der Waals surface area contributed by atoms with Crippen molar-refractivity contribution in [3.8, 4) is 5.69 Å². The van der Waals surface area contributed by atoms with Gasteiger partial charge in [0.25, 0.3) is 5.56 Å². The van der Waals surface area contributed by atoms with E-state index in [9.17, 15) is 9.90 Å². The molecule has 0 radical (unpaired) electrons. The monoisotopic (exact) mass is 443 g/mol. The van der Waals surface area contributed by atoms with Gasteiger partial charge < -0.3 is 5.11 Å². The van der Waals surface area contributed by atoms with Crippen LogP contribution in [0.2, 0.25) is 0 Å². The number of piperidine rings is 1. The molecular weight excluding hydrogens is 414 g/mol. The fourth-order valence-electron chi connectivity index (χ4n) is 4.58. The Kier molecular flexibility index (Phi) is 5.60. The van der Waals surface area contributed by atoms with Crippen molar-refractivity contribution in [2.45, 2.75) is 45.4 Å². The Balaban J connectivity index is 1.29. The minimum Gasteiger partial charge on any atom is -0.388 e. The number of hydrogen-bond acceptors (Lipinski definition) is 5. The average Bonchev–Trinajstić information content (AvgIpc) is 3.25. The van der Waals surface area contributed by atoms with Gasteiger partial charge in [-0.3, -0.25) is 14.3 Å². The normalized spacial score (nSPS) is 16.3. The van der Waals surface area contributed by atoms with Gasteiger partial charge in [0, 0.05) is 19.6 Å². The first-order valence-electron chi connectivity index (χ1n) is 11.4.